The van der Waals surface area contributed by atoms with Crippen molar-refractivity contribution in [3.63, 3.8) is 0 Å². The van der Waals surface area contributed by atoms with Gasteiger partial charge in [-0.1, -0.05) is 48.2 Å². The predicted octanol–water partition coefficient (Wildman–Crippen LogP) is 3.25. The van der Waals surface area contributed by atoms with E-state index in [-0.39, 0.29) is 17.1 Å². The minimum Gasteiger partial charge on any atom is -0.478 e. The zero-order valence-electron chi connectivity index (χ0n) is 10.1. The molecule has 2 aromatic carbocycles. The third kappa shape index (κ3) is 3.69. The monoisotopic (exact) mass is 272 g/mol. The van der Waals surface area contributed by atoms with E-state index >= 15 is 0 Å². The second-order valence-corrected chi connectivity index (χ2v) is 5.06. The van der Waals surface area contributed by atoms with E-state index < -0.39 is 5.97 Å². The Bertz CT molecular complexity index is 593. The van der Waals surface area contributed by atoms with Crippen molar-refractivity contribution in [1.82, 2.24) is 0 Å². The molecule has 0 spiro atoms. The van der Waals surface area contributed by atoms with Crippen molar-refractivity contribution in [1.29, 1.82) is 0 Å². The van der Waals surface area contributed by atoms with E-state index in [9.17, 15) is 9.59 Å². The summed E-state index contributed by atoms with van der Waals surface area (Å²) in [6.07, 6.45) is 0.113. The zero-order valence-corrected chi connectivity index (χ0v) is 10.9. The van der Waals surface area contributed by atoms with Crippen molar-refractivity contribution in [2.24, 2.45) is 0 Å². The van der Waals surface area contributed by atoms with Gasteiger partial charge in [0.05, 0.1) is 5.56 Å². The van der Waals surface area contributed by atoms with Gasteiger partial charge in [0.2, 0.25) is 0 Å². The van der Waals surface area contributed by atoms with E-state index in [0.717, 1.165) is 16.7 Å². The normalized spacial score (nSPS) is 10.1. The number of thioether (sulfide) groups is 1. The molecule has 4 heteroatoms. The molecule has 0 unspecified atom stereocenters. The largest absolute Gasteiger partial charge is 0.478 e. The van der Waals surface area contributed by atoms with Crippen LogP contribution in [0.4, 0.5) is 0 Å². The fourth-order valence-electron chi connectivity index (χ4n) is 1.69. The van der Waals surface area contributed by atoms with Crippen LogP contribution in [0, 0.1) is 0 Å². The maximum Gasteiger partial charge on any atom is 0.335 e. The van der Waals surface area contributed by atoms with Crippen LogP contribution in [0.25, 0.3) is 0 Å². The first-order valence-electron chi connectivity index (χ1n) is 5.74. The topological polar surface area (TPSA) is 54.4 Å². The standard InChI is InChI=1S/C15H12O3S/c16-14(19-12-7-2-1-3-8-12)10-11-6-4-5-9-13(11)15(17)18/h1-9H,10H2,(H,17,18). The molecular formula is C15H12O3S. The number of carboxylic acid groups (broad SMARTS) is 1. The van der Waals surface area contributed by atoms with Crippen molar-refractivity contribution in [2.75, 3.05) is 0 Å². The summed E-state index contributed by atoms with van der Waals surface area (Å²) < 4.78 is 0. The van der Waals surface area contributed by atoms with Crippen LogP contribution in [-0.4, -0.2) is 16.2 Å². The highest BCUT2D eigenvalue weighted by molar-refractivity contribution is 8.13. The molecule has 0 saturated heterocycles. The molecule has 0 aliphatic carbocycles. The Morgan fingerprint density at radius 2 is 1.58 bits per heavy atom. The van der Waals surface area contributed by atoms with E-state index in [4.69, 9.17) is 5.11 Å². The molecule has 0 heterocycles. The molecule has 0 bridgehead atoms. The van der Waals surface area contributed by atoms with Gasteiger partial charge in [-0.15, -0.1) is 0 Å². The second kappa shape index (κ2) is 6.20. The fourth-order valence-corrected chi connectivity index (χ4v) is 2.48. The molecule has 3 nitrogen and oxygen atoms in total. The van der Waals surface area contributed by atoms with E-state index in [1.807, 2.05) is 30.3 Å². The summed E-state index contributed by atoms with van der Waals surface area (Å²) in [5, 5.41) is 8.98. The average molecular weight is 272 g/mol. The van der Waals surface area contributed by atoms with E-state index in [1.165, 1.54) is 6.07 Å². The van der Waals surface area contributed by atoms with Crippen molar-refractivity contribution in [3.05, 3.63) is 65.7 Å². The number of hydrogen-bond acceptors (Lipinski definition) is 3. The number of carbonyl (C=O) groups is 2. The molecule has 1 N–H and O–H groups in total. The third-order valence-electron chi connectivity index (χ3n) is 2.56. The first-order chi connectivity index (χ1) is 9.16. The van der Waals surface area contributed by atoms with Crippen LogP contribution in [0.15, 0.2) is 59.5 Å². The number of rotatable bonds is 4. The maximum absolute atomic E-state index is 11.9. The molecule has 2 rings (SSSR count). The van der Waals surface area contributed by atoms with E-state index in [0.29, 0.717) is 5.56 Å². The van der Waals surface area contributed by atoms with Crippen LogP contribution in [0.5, 0.6) is 0 Å². The van der Waals surface area contributed by atoms with Gasteiger partial charge in [-0.3, -0.25) is 4.79 Å². The summed E-state index contributed by atoms with van der Waals surface area (Å²) >= 11 is 1.13. The molecular weight excluding hydrogens is 260 g/mol. The number of hydrogen-bond donors (Lipinski definition) is 1. The third-order valence-corrected chi connectivity index (χ3v) is 3.44. The lowest BCUT2D eigenvalue weighted by Crippen LogP contribution is -2.06. The summed E-state index contributed by atoms with van der Waals surface area (Å²) in [4.78, 5) is 23.8. The van der Waals surface area contributed by atoms with Crippen LogP contribution >= 0.6 is 11.8 Å². The maximum atomic E-state index is 11.9. The highest BCUT2D eigenvalue weighted by Gasteiger charge is 2.13. The van der Waals surface area contributed by atoms with Gasteiger partial charge in [-0.25, -0.2) is 4.79 Å². The molecule has 0 aliphatic rings. The Kier molecular flexibility index (Phi) is 4.36. The van der Waals surface area contributed by atoms with Crippen LogP contribution in [0.1, 0.15) is 15.9 Å². The first-order valence-corrected chi connectivity index (χ1v) is 6.55. The van der Waals surface area contributed by atoms with Crippen LogP contribution in [0.3, 0.4) is 0 Å². The lowest BCUT2D eigenvalue weighted by molar-refractivity contribution is -0.110. The average Bonchev–Trinajstić information content (AvgIpc) is 2.40. The Balaban J connectivity index is 2.09. The molecule has 2 aromatic rings. The number of carboxylic acids is 1. The Hall–Kier alpha value is -2.07. The molecule has 0 atom stereocenters. The second-order valence-electron chi connectivity index (χ2n) is 3.93. The fraction of sp³-hybridized carbons (Fsp3) is 0.0667. The van der Waals surface area contributed by atoms with Crippen molar-refractivity contribution in [3.8, 4) is 0 Å². The van der Waals surface area contributed by atoms with Crippen LogP contribution in [-0.2, 0) is 11.2 Å². The minimum absolute atomic E-state index is 0.0695. The number of aromatic carboxylic acids is 1. The van der Waals surface area contributed by atoms with Crippen LogP contribution < -0.4 is 0 Å². The predicted molar refractivity (Wildman–Crippen MR) is 74.4 cm³/mol. The summed E-state index contributed by atoms with van der Waals surface area (Å²) in [7, 11) is 0. The molecule has 0 aromatic heterocycles. The molecule has 96 valence electrons. The lowest BCUT2D eigenvalue weighted by Gasteiger charge is -2.05. The number of carbonyl (C=O) groups excluding carboxylic acids is 1. The summed E-state index contributed by atoms with van der Waals surface area (Å²) in [5.74, 6) is -1.01. The summed E-state index contributed by atoms with van der Waals surface area (Å²) in [5.41, 5.74) is 0.730. The molecule has 0 amide bonds. The Morgan fingerprint density at radius 1 is 0.947 bits per heavy atom. The van der Waals surface area contributed by atoms with Gasteiger partial charge in [-0.2, -0.15) is 0 Å². The van der Waals surface area contributed by atoms with Crippen molar-refractivity contribution in [2.45, 2.75) is 11.3 Å². The van der Waals surface area contributed by atoms with E-state index in [1.54, 1.807) is 18.2 Å². The SMILES string of the molecule is O=C(Cc1ccccc1C(=O)O)Sc1ccccc1. The highest BCUT2D eigenvalue weighted by atomic mass is 32.2. The summed E-state index contributed by atoms with van der Waals surface area (Å²) in [6.45, 7) is 0. The molecule has 19 heavy (non-hydrogen) atoms. The Morgan fingerprint density at radius 3 is 2.26 bits per heavy atom. The smallest absolute Gasteiger partial charge is 0.335 e. The lowest BCUT2D eigenvalue weighted by atomic mass is 10.1. The van der Waals surface area contributed by atoms with Gasteiger partial charge >= 0.3 is 5.97 Å². The van der Waals surface area contributed by atoms with Gasteiger partial charge in [0.1, 0.15) is 0 Å². The van der Waals surface area contributed by atoms with Crippen LogP contribution in [0.2, 0.25) is 0 Å². The summed E-state index contributed by atoms with van der Waals surface area (Å²) in [6, 6.07) is 15.9. The molecule has 0 aliphatic heterocycles. The highest BCUT2D eigenvalue weighted by Crippen LogP contribution is 2.21. The van der Waals surface area contributed by atoms with Crippen molar-refractivity contribution < 1.29 is 14.7 Å². The van der Waals surface area contributed by atoms with Gasteiger partial charge in [0, 0.05) is 11.3 Å². The quantitative estimate of drug-likeness (QED) is 0.868. The molecule has 0 saturated carbocycles. The first kappa shape index (κ1) is 13.4. The minimum atomic E-state index is -1.01. The number of benzene rings is 2. The molecule has 0 fully saturated rings. The molecule has 0 radical (unpaired) electrons. The zero-order chi connectivity index (χ0) is 13.7. The van der Waals surface area contributed by atoms with Gasteiger partial charge in [-0.05, 0) is 23.8 Å². The van der Waals surface area contributed by atoms with Gasteiger partial charge in [0.15, 0.2) is 5.12 Å². The van der Waals surface area contributed by atoms with Gasteiger partial charge in [0.25, 0.3) is 0 Å². The van der Waals surface area contributed by atoms with Crippen molar-refractivity contribution >= 4 is 22.8 Å². The van der Waals surface area contributed by atoms with E-state index in [2.05, 4.69) is 0 Å². The van der Waals surface area contributed by atoms with Gasteiger partial charge < -0.3 is 5.11 Å². The Labute approximate surface area is 115 Å².